The van der Waals surface area contributed by atoms with E-state index in [0.717, 1.165) is 135 Å². The topological polar surface area (TPSA) is 237 Å². The zero-order valence-electron chi connectivity index (χ0n) is 60.5. The van der Waals surface area contributed by atoms with Gasteiger partial charge in [0.2, 0.25) is 0 Å². The summed E-state index contributed by atoms with van der Waals surface area (Å²) in [5, 5.41) is 10.6. The van der Waals surface area contributed by atoms with E-state index in [1.165, 1.54) is 103 Å². The van der Waals surface area contributed by atoms with Crippen molar-refractivity contribution in [2.75, 3.05) is 39.6 Å². The second kappa shape index (κ2) is 69.7. The molecule has 0 spiro atoms. The third-order valence-corrected chi connectivity index (χ3v) is 17.7. The Balaban J connectivity index is 5.35. The second-order valence-electron chi connectivity index (χ2n) is 25.2. The van der Waals surface area contributed by atoms with E-state index >= 15 is 0 Å². The lowest BCUT2D eigenvalue weighted by molar-refractivity contribution is -0.161. The molecule has 19 heteroatoms. The number of phosphoric acid groups is 2. The number of esters is 4. The molecule has 0 aromatic heterocycles. The summed E-state index contributed by atoms with van der Waals surface area (Å²) in [6.45, 7) is 4.66. The third-order valence-electron chi connectivity index (χ3n) is 15.8. The first-order valence-corrected chi connectivity index (χ1v) is 40.8. The molecule has 0 aliphatic rings. The number of unbranched alkanes of at least 4 members (excludes halogenated alkanes) is 31. The molecule has 0 amide bonds. The fourth-order valence-corrected chi connectivity index (χ4v) is 11.6. The van der Waals surface area contributed by atoms with Gasteiger partial charge in [-0.05, 0) is 109 Å². The Morgan fingerprint density at radius 1 is 0.302 bits per heavy atom. The van der Waals surface area contributed by atoms with Gasteiger partial charge in [0, 0.05) is 25.7 Å². The zero-order chi connectivity index (χ0) is 70.4. The average Bonchev–Trinajstić information content (AvgIpc) is 1.13. The molecule has 0 aliphatic carbocycles. The molecule has 0 aliphatic heterocycles. The molecule has 0 aromatic carbocycles. The zero-order valence-corrected chi connectivity index (χ0v) is 62.3. The van der Waals surface area contributed by atoms with Gasteiger partial charge in [0.25, 0.3) is 0 Å². The smallest absolute Gasteiger partial charge is 0.462 e. The van der Waals surface area contributed by atoms with Crippen LogP contribution in [0.2, 0.25) is 0 Å². The SMILES string of the molecule is CC/C=C\C/C=C\C/C=C\C/C=C\C/C=C\CCCC(=O)OCC(COP(=O)(O)OCC(O)COP(=O)(O)OCC(COC(=O)CCCCCCC/C=C\CCCCCCCC)OC(=O)CCCCCCCCCCCCCCC)OC(=O)CCCCCCC/C=C\CCCC. The maximum atomic E-state index is 13.1. The highest BCUT2D eigenvalue weighted by Gasteiger charge is 2.30. The summed E-state index contributed by atoms with van der Waals surface area (Å²) in [7, 11) is -9.95. The van der Waals surface area contributed by atoms with Gasteiger partial charge in [-0.15, -0.1) is 0 Å². The van der Waals surface area contributed by atoms with Gasteiger partial charge < -0.3 is 33.8 Å². The van der Waals surface area contributed by atoms with Crippen LogP contribution in [-0.2, 0) is 65.4 Å². The Hall–Kier alpha value is -3.76. The first kappa shape index (κ1) is 92.2. The largest absolute Gasteiger partial charge is 0.472 e. The number of phosphoric ester groups is 2. The van der Waals surface area contributed by atoms with E-state index in [-0.39, 0.29) is 25.7 Å². The van der Waals surface area contributed by atoms with Gasteiger partial charge in [-0.2, -0.15) is 0 Å². The van der Waals surface area contributed by atoms with Crippen molar-refractivity contribution in [2.45, 2.75) is 341 Å². The van der Waals surface area contributed by atoms with Gasteiger partial charge in [0.15, 0.2) is 12.2 Å². The minimum Gasteiger partial charge on any atom is -0.462 e. The van der Waals surface area contributed by atoms with Crippen molar-refractivity contribution >= 4 is 39.5 Å². The van der Waals surface area contributed by atoms with Gasteiger partial charge in [0.05, 0.1) is 26.4 Å². The lowest BCUT2D eigenvalue weighted by Gasteiger charge is -2.21. The molecule has 0 radical (unpaired) electrons. The van der Waals surface area contributed by atoms with Crippen LogP contribution in [0.3, 0.4) is 0 Å². The molecule has 0 rings (SSSR count). The highest BCUT2D eigenvalue weighted by molar-refractivity contribution is 7.47. The summed E-state index contributed by atoms with van der Waals surface area (Å²) in [6.07, 6.45) is 70.2. The molecular formula is C77H136O17P2. The van der Waals surface area contributed by atoms with E-state index in [1.807, 2.05) is 12.2 Å². The number of hydrogen-bond acceptors (Lipinski definition) is 15. The summed E-state index contributed by atoms with van der Waals surface area (Å²) in [4.78, 5) is 72.7. The minimum atomic E-state index is -4.98. The molecule has 5 atom stereocenters. The molecule has 0 bridgehead atoms. The third kappa shape index (κ3) is 68.8. The highest BCUT2D eigenvalue weighted by Crippen LogP contribution is 2.45. The van der Waals surface area contributed by atoms with Crippen LogP contribution in [0.5, 0.6) is 0 Å². The molecule has 0 saturated heterocycles. The fourth-order valence-electron chi connectivity index (χ4n) is 10.1. The van der Waals surface area contributed by atoms with Crippen molar-refractivity contribution in [3.05, 3.63) is 85.1 Å². The molecule has 0 fully saturated rings. The molecule has 0 aromatic rings. The van der Waals surface area contributed by atoms with Crippen molar-refractivity contribution < 1.29 is 80.2 Å². The van der Waals surface area contributed by atoms with Crippen LogP contribution >= 0.6 is 15.6 Å². The lowest BCUT2D eigenvalue weighted by Crippen LogP contribution is -2.30. The summed E-state index contributed by atoms with van der Waals surface area (Å²) in [5.74, 6) is -2.24. The summed E-state index contributed by atoms with van der Waals surface area (Å²) >= 11 is 0. The quantitative estimate of drug-likeness (QED) is 0.0169. The summed E-state index contributed by atoms with van der Waals surface area (Å²) < 4.78 is 68.3. The molecule has 556 valence electrons. The molecule has 0 heterocycles. The minimum absolute atomic E-state index is 0.0730. The van der Waals surface area contributed by atoms with Crippen LogP contribution < -0.4 is 0 Å². The molecule has 0 saturated carbocycles. The average molecular weight is 1400 g/mol. The molecule has 5 unspecified atom stereocenters. The number of carbonyl (C=O) groups excluding carboxylic acids is 4. The monoisotopic (exact) mass is 1390 g/mol. The van der Waals surface area contributed by atoms with E-state index in [0.29, 0.717) is 32.1 Å². The van der Waals surface area contributed by atoms with E-state index in [1.54, 1.807) is 0 Å². The number of hydrogen-bond donors (Lipinski definition) is 3. The first-order chi connectivity index (χ1) is 46.7. The van der Waals surface area contributed by atoms with Gasteiger partial charge in [-0.3, -0.25) is 37.3 Å². The fraction of sp³-hybridized carbons (Fsp3) is 0.766. The van der Waals surface area contributed by atoms with E-state index in [2.05, 4.69) is 101 Å². The van der Waals surface area contributed by atoms with Gasteiger partial charge in [-0.1, -0.05) is 273 Å². The Morgan fingerprint density at radius 2 is 0.562 bits per heavy atom. The number of ether oxygens (including phenoxy) is 4. The molecule has 3 N–H and O–H groups in total. The number of carbonyl (C=O) groups is 4. The molecule has 96 heavy (non-hydrogen) atoms. The van der Waals surface area contributed by atoms with Crippen LogP contribution in [0.15, 0.2) is 85.1 Å². The van der Waals surface area contributed by atoms with Crippen molar-refractivity contribution in [1.82, 2.24) is 0 Å². The lowest BCUT2D eigenvalue weighted by atomic mass is 10.0. The van der Waals surface area contributed by atoms with Crippen LogP contribution in [0.1, 0.15) is 323 Å². The normalized spacial score (nSPS) is 14.4. The first-order valence-electron chi connectivity index (χ1n) is 37.8. The number of aliphatic hydroxyl groups is 1. The van der Waals surface area contributed by atoms with Crippen molar-refractivity contribution in [1.29, 1.82) is 0 Å². The Morgan fingerprint density at radius 3 is 0.917 bits per heavy atom. The summed E-state index contributed by atoms with van der Waals surface area (Å²) in [5.41, 5.74) is 0. The Kier molecular flexibility index (Phi) is 67.0. The predicted molar refractivity (Wildman–Crippen MR) is 390 cm³/mol. The van der Waals surface area contributed by atoms with Crippen molar-refractivity contribution in [2.24, 2.45) is 0 Å². The number of aliphatic hydroxyl groups excluding tert-OH is 1. The number of allylic oxidation sites excluding steroid dienone is 14. The van der Waals surface area contributed by atoms with E-state index < -0.39 is 97.5 Å². The van der Waals surface area contributed by atoms with E-state index in [9.17, 15) is 43.2 Å². The highest BCUT2D eigenvalue weighted by atomic mass is 31.2. The van der Waals surface area contributed by atoms with Gasteiger partial charge in [0.1, 0.15) is 19.3 Å². The van der Waals surface area contributed by atoms with E-state index in [4.69, 9.17) is 37.0 Å². The van der Waals surface area contributed by atoms with Gasteiger partial charge in [-0.25, -0.2) is 9.13 Å². The van der Waals surface area contributed by atoms with Crippen LogP contribution in [0.4, 0.5) is 0 Å². The van der Waals surface area contributed by atoms with Crippen molar-refractivity contribution in [3.8, 4) is 0 Å². The number of rotatable bonds is 71. The van der Waals surface area contributed by atoms with Crippen LogP contribution in [0, 0.1) is 0 Å². The standard InChI is InChI=1S/C77H136O17P2/c1-5-9-13-17-21-25-29-32-34-35-37-40-43-46-50-54-58-62-75(80)87-67-72(93-76(81)63-59-55-51-47-41-28-24-20-16-12-8-4)69-91-95(83,84)89-65-71(78)66-90-96(85,86)92-70-73(94-77(82)64-60-56-52-48-44-38-31-27-23-19-15-11-7-3)68-88-74(79)61-57-53-49-45-42-39-36-33-30-26-22-18-14-10-6-2/h9,13,20-21,24-25,32-34,36-37,40,46,50,71-73,78H,5-8,10-12,14-19,22-23,26-31,35,38-39,41-45,47-49,51-70H2,1-4H3,(H,83,84)(H,85,86)/b13-9-,24-20-,25-21-,34-32-,36-33-,40-37-,50-46-. The molecular weight excluding hydrogens is 1260 g/mol. The van der Waals surface area contributed by atoms with Gasteiger partial charge >= 0.3 is 39.5 Å². The maximum absolute atomic E-state index is 13.1. The van der Waals surface area contributed by atoms with Crippen LogP contribution in [-0.4, -0.2) is 96.7 Å². The Bertz CT molecular complexity index is 2160. The summed E-state index contributed by atoms with van der Waals surface area (Å²) in [6, 6.07) is 0. The predicted octanol–water partition coefficient (Wildman–Crippen LogP) is 21.4. The second-order valence-corrected chi connectivity index (χ2v) is 28.1. The van der Waals surface area contributed by atoms with Crippen molar-refractivity contribution in [3.63, 3.8) is 0 Å². The molecule has 17 nitrogen and oxygen atoms in total. The van der Waals surface area contributed by atoms with Crippen LogP contribution in [0.25, 0.3) is 0 Å². The maximum Gasteiger partial charge on any atom is 0.472 e. The Labute approximate surface area is 583 Å².